The maximum Gasteiger partial charge on any atom is 0.254 e. The highest BCUT2D eigenvalue weighted by Gasteiger charge is 2.22. The molecule has 2 amide bonds. The van der Waals surface area contributed by atoms with Crippen molar-refractivity contribution in [2.75, 3.05) is 43.4 Å². The van der Waals surface area contributed by atoms with Gasteiger partial charge in [-0.3, -0.25) is 14.0 Å². The minimum Gasteiger partial charge on any atom is -0.336 e. The van der Waals surface area contributed by atoms with Crippen molar-refractivity contribution in [1.29, 1.82) is 0 Å². The summed E-state index contributed by atoms with van der Waals surface area (Å²) < 4.78 is 2.02. The summed E-state index contributed by atoms with van der Waals surface area (Å²) in [5.74, 6) is 0.346. The SMILES string of the molecule is CCN1CCN(C(=O)c2cccc(Nc3nccc(-c4c(-c5cccc(NC(=O)Cc6ccccc6)c5)nc5sccn45)n3)c2)CC1. The van der Waals surface area contributed by atoms with E-state index in [4.69, 9.17) is 9.97 Å². The molecule has 10 nitrogen and oxygen atoms in total. The van der Waals surface area contributed by atoms with E-state index in [1.165, 1.54) is 11.3 Å². The Bertz CT molecular complexity index is 2030. The van der Waals surface area contributed by atoms with E-state index >= 15 is 0 Å². The number of carbonyl (C=O) groups is 2. The van der Waals surface area contributed by atoms with Crippen LogP contribution in [-0.4, -0.2) is 73.7 Å². The lowest BCUT2D eigenvalue weighted by molar-refractivity contribution is -0.115. The first-order valence-corrected chi connectivity index (χ1v) is 16.5. The van der Waals surface area contributed by atoms with Gasteiger partial charge in [-0.1, -0.05) is 55.5 Å². The number of aromatic nitrogens is 4. The number of rotatable bonds is 9. The van der Waals surface area contributed by atoms with E-state index in [9.17, 15) is 9.59 Å². The van der Waals surface area contributed by atoms with E-state index in [0.717, 1.165) is 65.9 Å². The zero-order valence-electron chi connectivity index (χ0n) is 26.0. The van der Waals surface area contributed by atoms with Gasteiger partial charge < -0.3 is 20.4 Å². The van der Waals surface area contributed by atoms with Gasteiger partial charge in [-0.25, -0.2) is 15.0 Å². The molecule has 7 rings (SSSR count). The van der Waals surface area contributed by atoms with Crippen LogP contribution in [0.5, 0.6) is 0 Å². The van der Waals surface area contributed by atoms with Crippen molar-refractivity contribution in [3.63, 3.8) is 0 Å². The fourth-order valence-electron chi connectivity index (χ4n) is 5.82. The van der Waals surface area contributed by atoms with Gasteiger partial charge in [-0.2, -0.15) is 0 Å². The molecule has 0 unspecified atom stereocenters. The van der Waals surface area contributed by atoms with Crippen LogP contribution in [0.15, 0.2) is 103 Å². The molecular weight excluding hydrogens is 609 g/mol. The summed E-state index contributed by atoms with van der Waals surface area (Å²) in [4.78, 5) is 45.5. The number of piperazine rings is 1. The molecule has 47 heavy (non-hydrogen) atoms. The minimum atomic E-state index is -0.0873. The van der Waals surface area contributed by atoms with Gasteiger partial charge in [-0.05, 0) is 48.5 Å². The predicted octanol–water partition coefficient (Wildman–Crippen LogP) is 6.22. The van der Waals surface area contributed by atoms with Crippen LogP contribution in [-0.2, 0) is 11.2 Å². The summed E-state index contributed by atoms with van der Waals surface area (Å²) >= 11 is 1.54. The van der Waals surface area contributed by atoms with E-state index in [1.54, 1.807) is 6.20 Å². The highest BCUT2D eigenvalue weighted by Crippen LogP contribution is 2.35. The number of thiazole rings is 1. The first-order valence-electron chi connectivity index (χ1n) is 15.7. The molecule has 1 saturated heterocycles. The Morgan fingerprint density at radius 2 is 1.68 bits per heavy atom. The molecular formula is C36H34N8O2S. The van der Waals surface area contributed by atoms with Gasteiger partial charge in [0.1, 0.15) is 5.69 Å². The summed E-state index contributed by atoms with van der Waals surface area (Å²) in [7, 11) is 0. The van der Waals surface area contributed by atoms with Crippen molar-refractivity contribution >= 4 is 45.4 Å². The molecule has 3 aromatic heterocycles. The molecule has 0 spiro atoms. The minimum absolute atomic E-state index is 0.0290. The summed E-state index contributed by atoms with van der Waals surface area (Å²) in [6.45, 7) is 6.38. The van der Waals surface area contributed by atoms with Crippen molar-refractivity contribution in [3.8, 4) is 22.6 Å². The third-order valence-corrected chi connectivity index (χ3v) is 9.02. The second-order valence-corrected chi connectivity index (χ2v) is 12.2. The Morgan fingerprint density at radius 1 is 0.872 bits per heavy atom. The van der Waals surface area contributed by atoms with Gasteiger partial charge in [0.25, 0.3) is 5.91 Å². The number of anilines is 3. The summed E-state index contributed by atoms with van der Waals surface area (Å²) in [6, 6.07) is 26.7. The summed E-state index contributed by atoms with van der Waals surface area (Å²) in [5, 5.41) is 8.31. The van der Waals surface area contributed by atoms with Crippen LogP contribution in [0.1, 0.15) is 22.8 Å². The Hall–Kier alpha value is -5.39. The largest absolute Gasteiger partial charge is 0.336 e. The maximum absolute atomic E-state index is 13.3. The average molecular weight is 643 g/mol. The molecule has 1 aliphatic heterocycles. The van der Waals surface area contributed by atoms with Gasteiger partial charge in [-0.15, -0.1) is 11.3 Å². The number of imidazole rings is 1. The number of hydrogen-bond donors (Lipinski definition) is 2. The zero-order valence-corrected chi connectivity index (χ0v) is 26.8. The fraction of sp³-hybridized carbons (Fsp3) is 0.194. The predicted molar refractivity (Wildman–Crippen MR) is 186 cm³/mol. The molecule has 0 aliphatic carbocycles. The van der Waals surface area contributed by atoms with Crippen LogP contribution in [0.25, 0.3) is 27.6 Å². The number of benzene rings is 3. The third-order valence-electron chi connectivity index (χ3n) is 8.26. The maximum atomic E-state index is 13.3. The number of nitrogens with one attached hydrogen (secondary N) is 2. The van der Waals surface area contributed by atoms with Crippen molar-refractivity contribution in [2.45, 2.75) is 13.3 Å². The molecule has 2 N–H and O–H groups in total. The Morgan fingerprint density at radius 3 is 2.51 bits per heavy atom. The summed E-state index contributed by atoms with van der Waals surface area (Å²) in [5.41, 5.74) is 6.10. The second kappa shape index (κ2) is 13.5. The molecule has 1 aliphatic rings. The molecule has 0 radical (unpaired) electrons. The standard InChI is InChI=1S/C36H34N8O2S/c1-2-42-16-18-43(19-17-42)34(46)27-11-7-13-29(24-27)39-35-37-15-14-30(40-35)33-32(41-36-44(33)20-21-47-36)26-10-6-12-28(23-26)38-31(45)22-25-8-4-3-5-9-25/h3-15,20-21,23-24H,2,16-19,22H2,1H3,(H,38,45)(H,37,39,40). The van der Waals surface area contributed by atoms with Gasteiger partial charge in [0.2, 0.25) is 11.9 Å². The smallest absolute Gasteiger partial charge is 0.254 e. The van der Waals surface area contributed by atoms with Crippen LogP contribution < -0.4 is 10.6 Å². The quantitative estimate of drug-likeness (QED) is 0.193. The number of carbonyl (C=O) groups excluding carboxylic acids is 2. The average Bonchev–Trinajstić information content (AvgIpc) is 3.71. The molecule has 0 saturated carbocycles. The van der Waals surface area contributed by atoms with E-state index in [0.29, 0.717) is 29.3 Å². The molecule has 0 bridgehead atoms. The van der Waals surface area contributed by atoms with Crippen molar-refractivity contribution in [3.05, 3.63) is 114 Å². The number of hydrogen-bond acceptors (Lipinski definition) is 8. The molecule has 1 fully saturated rings. The Kier molecular flexibility index (Phi) is 8.72. The molecule has 4 heterocycles. The number of amides is 2. The van der Waals surface area contributed by atoms with Gasteiger partial charge in [0, 0.05) is 66.5 Å². The van der Waals surface area contributed by atoms with Crippen LogP contribution in [0.2, 0.25) is 0 Å². The Labute approximate surface area is 276 Å². The normalized spacial score (nSPS) is 13.5. The lowest BCUT2D eigenvalue weighted by atomic mass is 10.1. The number of fused-ring (bicyclic) bond motifs is 1. The Balaban J connectivity index is 1.13. The van der Waals surface area contributed by atoms with Crippen molar-refractivity contribution < 1.29 is 9.59 Å². The highest BCUT2D eigenvalue weighted by atomic mass is 32.1. The number of nitrogens with zero attached hydrogens (tertiary/aromatic N) is 6. The zero-order chi connectivity index (χ0) is 32.2. The molecule has 3 aromatic carbocycles. The lowest BCUT2D eigenvalue weighted by Gasteiger charge is -2.34. The van der Waals surface area contributed by atoms with Crippen molar-refractivity contribution in [2.24, 2.45) is 0 Å². The van der Waals surface area contributed by atoms with E-state index < -0.39 is 0 Å². The molecule has 6 aromatic rings. The van der Waals surface area contributed by atoms with Crippen LogP contribution >= 0.6 is 11.3 Å². The summed E-state index contributed by atoms with van der Waals surface area (Å²) in [6.07, 6.45) is 3.98. The first-order chi connectivity index (χ1) is 23.0. The second-order valence-electron chi connectivity index (χ2n) is 11.4. The highest BCUT2D eigenvalue weighted by molar-refractivity contribution is 7.15. The topological polar surface area (TPSA) is 108 Å². The third kappa shape index (κ3) is 6.76. The first kappa shape index (κ1) is 30.3. The van der Waals surface area contributed by atoms with Crippen LogP contribution in [0, 0.1) is 0 Å². The fourth-order valence-corrected chi connectivity index (χ4v) is 6.54. The van der Waals surface area contributed by atoms with Gasteiger partial charge >= 0.3 is 0 Å². The van der Waals surface area contributed by atoms with E-state index in [-0.39, 0.29) is 11.8 Å². The lowest BCUT2D eigenvalue weighted by Crippen LogP contribution is -2.48. The van der Waals surface area contributed by atoms with Crippen LogP contribution in [0.4, 0.5) is 17.3 Å². The van der Waals surface area contributed by atoms with Gasteiger partial charge in [0.05, 0.1) is 17.8 Å². The van der Waals surface area contributed by atoms with E-state index in [1.807, 2.05) is 106 Å². The van der Waals surface area contributed by atoms with Crippen LogP contribution in [0.3, 0.4) is 0 Å². The van der Waals surface area contributed by atoms with Crippen molar-refractivity contribution in [1.82, 2.24) is 29.2 Å². The monoisotopic (exact) mass is 642 g/mol. The van der Waals surface area contributed by atoms with E-state index in [2.05, 4.69) is 27.4 Å². The number of likely N-dealkylation sites (N-methyl/N-ethyl adjacent to an activating group) is 1. The molecule has 236 valence electrons. The molecule has 11 heteroatoms. The van der Waals surface area contributed by atoms with Gasteiger partial charge in [0.15, 0.2) is 4.96 Å². The molecule has 0 atom stereocenters.